The van der Waals surface area contributed by atoms with Gasteiger partial charge in [0.1, 0.15) is 5.82 Å². The van der Waals surface area contributed by atoms with Crippen molar-refractivity contribution in [2.45, 2.75) is 0 Å². The van der Waals surface area contributed by atoms with Gasteiger partial charge in [-0.1, -0.05) is 0 Å². The monoisotopic (exact) mass is 224 g/mol. The fourth-order valence-corrected chi connectivity index (χ4v) is 1.35. The average molecular weight is 224 g/mol. The number of rotatable bonds is 0. The van der Waals surface area contributed by atoms with Gasteiger partial charge in [0.15, 0.2) is 0 Å². The van der Waals surface area contributed by atoms with E-state index in [1.165, 1.54) is 0 Å². The summed E-state index contributed by atoms with van der Waals surface area (Å²) in [4.78, 5) is 8.40. The summed E-state index contributed by atoms with van der Waals surface area (Å²) in [6.07, 6.45) is 1.72. The van der Waals surface area contributed by atoms with Crippen molar-refractivity contribution in [2.75, 3.05) is 50.2 Å². The minimum Gasteiger partial charge on any atom is -0.377 e. The van der Waals surface area contributed by atoms with Crippen molar-refractivity contribution in [3.05, 3.63) is 12.3 Å². The van der Waals surface area contributed by atoms with E-state index in [4.69, 9.17) is 9.47 Å². The lowest BCUT2D eigenvalue weighted by Crippen LogP contribution is -2.13. The molecule has 0 atom stereocenters. The largest absolute Gasteiger partial charge is 0.377 e. The highest BCUT2D eigenvalue weighted by molar-refractivity contribution is 5.39. The van der Waals surface area contributed by atoms with Gasteiger partial charge in [-0.15, -0.1) is 0 Å². The second-order valence-electron chi connectivity index (χ2n) is 3.34. The van der Waals surface area contributed by atoms with Crippen LogP contribution in [0.15, 0.2) is 12.3 Å². The molecular formula is C10H16N4O2. The van der Waals surface area contributed by atoms with Crippen LogP contribution in [0.5, 0.6) is 0 Å². The standard InChI is InChI=1S/C10H16N4O2/c1-2-12-10-13-4-6-16-8-7-15-5-3-11-9(1)14-10/h1-2H,3-8H2,(H2,11,12,13,14). The quantitative estimate of drug-likeness (QED) is 0.662. The van der Waals surface area contributed by atoms with E-state index in [-0.39, 0.29) is 0 Å². The predicted molar refractivity (Wildman–Crippen MR) is 60.6 cm³/mol. The lowest BCUT2D eigenvalue weighted by atomic mass is 10.5. The van der Waals surface area contributed by atoms with Crippen LogP contribution in [0.3, 0.4) is 0 Å². The summed E-state index contributed by atoms with van der Waals surface area (Å²) in [5, 5.41) is 6.26. The third-order valence-corrected chi connectivity index (χ3v) is 2.11. The maximum Gasteiger partial charge on any atom is 0.224 e. The molecule has 0 unspecified atom stereocenters. The Balaban J connectivity index is 1.95. The van der Waals surface area contributed by atoms with Crippen molar-refractivity contribution in [2.24, 2.45) is 0 Å². The van der Waals surface area contributed by atoms with Crippen molar-refractivity contribution in [1.82, 2.24) is 9.97 Å². The highest BCUT2D eigenvalue weighted by Gasteiger charge is 1.99. The van der Waals surface area contributed by atoms with E-state index >= 15 is 0 Å². The molecule has 0 aromatic carbocycles. The number of aromatic nitrogens is 2. The van der Waals surface area contributed by atoms with E-state index in [1.54, 1.807) is 6.20 Å². The van der Waals surface area contributed by atoms with Crippen LogP contribution in [0.4, 0.5) is 11.8 Å². The van der Waals surface area contributed by atoms with Crippen LogP contribution in [-0.4, -0.2) is 49.5 Å². The average Bonchev–Trinajstić information content (AvgIpc) is 2.32. The van der Waals surface area contributed by atoms with Crippen LogP contribution in [0.2, 0.25) is 0 Å². The molecule has 2 bridgehead atoms. The normalized spacial score (nSPS) is 18.2. The van der Waals surface area contributed by atoms with Gasteiger partial charge in [0, 0.05) is 19.3 Å². The molecule has 0 radical (unpaired) electrons. The summed E-state index contributed by atoms with van der Waals surface area (Å²) < 4.78 is 10.7. The van der Waals surface area contributed by atoms with Crippen LogP contribution in [-0.2, 0) is 9.47 Å². The van der Waals surface area contributed by atoms with Crippen LogP contribution in [0.1, 0.15) is 0 Å². The molecule has 0 saturated carbocycles. The molecule has 2 heterocycles. The molecule has 6 nitrogen and oxygen atoms in total. The maximum atomic E-state index is 5.37. The molecule has 0 fully saturated rings. The molecule has 2 rings (SSSR count). The minimum atomic E-state index is 0.619. The molecule has 1 aliphatic heterocycles. The van der Waals surface area contributed by atoms with Crippen molar-refractivity contribution >= 4 is 11.8 Å². The summed E-state index contributed by atoms with van der Waals surface area (Å²) in [6.45, 7) is 3.96. The molecule has 0 amide bonds. The summed E-state index contributed by atoms with van der Waals surface area (Å²) in [5.74, 6) is 1.43. The topological polar surface area (TPSA) is 68.3 Å². The highest BCUT2D eigenvalue weighted by Crippen LogP contribution is 2.04. The Morgan fingerprint density at radius 3 is 2.56 bits per heavy atom. The zero-order valence-corrected chi connectivity index (χ0v) is 9.11. The number of nitrogens with one attached hydrogen (secondary N) is 2. The first-order valence-electron chi connectivity index (χ1n) is 5.41. The van der Waals surface area contributed by atoms with Gasteiger partial charge in [0.25, 0.3) is 0 Å². The number of anilines is 2. The Morgan fingerprint density at radius 2 is 1.75 bits per heavy atom. The van der Waals surface area contributed by atoms with Crippen molar-refractivity contribution in [3.8, 4) is 0 Å². The zero-order valence-electron chi connectivity index (χ0n) is 9.11. The van der Waals surface area contributed by atoms with Crippen LogP contribution in [0, 0.1) is 0 Å². The van der Waals surface area contributed by atoms with Gasteiger partial charge >= 0.3 is 0 Å². The summed E-state index contributed by atoms with van der Waals surface area (Å²) in [7, 11) is 0. The third-order valence-electron chi connectivity index (χ3n) is 2.11. The first-order chi connectivity index (χ1) is 7.95. The molecule has 6 heteroatoms. The molecule has 1 aromatic rings. The van der Waals surface area contributed by atoms with Gasteiger partial charge in [0.2, 0.25) is 5.95 Å². The Bertz CT molecular complexity index is 294. The zero-order chi connectivity index (χ0) is 11.1. The summed E-state index contributed by atoms with van der Waals surface area (Å²) in [6, 6.07) is 1.83. The van der Waals surface area contributed by atoms with E-state index in [0.717, 1.165) is 12.4 Å². The Labute approximate surface area is 94.4 Å². The maximum absolute atomic E-state index is 5.37. The predicted octanol–water partition coefficient (Wildman–Crippen LogP) is 0.347. The second-order valence-corrected chi connectivity index (χ2v) is 3.34. The van der Waals surface area contributed by atoms with Gasteiger partial charge in [0.05, 0.1) is 26.4 Å². The molecule has 0 spiro atoms. The molecule has 88 valence electrons. The van der Waals surface area contributed by atoms with Crippen molar-refractivity contribution in [3.63, 3.8) is 0 Å². The Hall–Kier alpha value is -1.40. The molecule has 0 saturated heterocycles. The van der Waals surface area contributed by atoms with Gasteiger partial charge in [-0.25, -0.2) is 4.98 Å². The van der Waals surface area contributed by atoms with Gasteiger partial charge in [-0.3, -0.25) is 0 Å². The van der Waals surface area contributed by atoms with Gasteiger partial charge in [-0.2, -0.15) is 4.98 Å². The lowest BCUT2D eigenvalue weighted by molar-refractivity contribution is 0.0557. The number of nitrogens with zero attached hydrogens (tertiary/aromatic N) is 2. The van der Waals surface area contributed by atoms with E-state index in [9.17, 15) is 0 Å². The summed E-state index contributed by atoms with van der Waals surface area (Å²) in [5.41, 5.74) is 0. The number of ether oxygens (including phenoxy) is 2. The van der Waals surface area contributed by atoms with Gasteiger partial charge < -0.3 is 20.1 Å². The molecule has 16 heavy (non-hydrogen) atoms. The van der Waals surface area contributed by atoms with Crippen molar-refractivity contribution < 1.29 is 9.47 Å². The molecule has 2 N–H and O–H groups in total. The van der Waals surface area contributed by atoms with E-state index in [0.29, 0.717) is 38.9 Å². The number of hydrogen-bond donors (Lipinski definition) is 2. The summed E-state index contributed by atoms with van der Waals surface area (Å²) >= 11 is 0. The van der Waals surface area contributed by atoms with E-state index < -0.39 is 0 Å². The fraction of sp³-hybridized carbons (Fsp3) is 0.600. The van der Waals surface area contributed by atoms with Crippen molar-refractivity contribution in [1.29, 1.82) is 0 Å². The number of hydrogen-bond acceptors (Lipinski definition) is 6. The molecular weight excluding hydrogens is 208 g/mol. The third kappa shape index (κ3) is 3.63. The molecule has 0 aliphatic carbocycles. The SMILES string of the molecule is c1cc2nc(n1)NCCOCCOCCN2. The number of fused-ring (bicyclic) bond motifs is 2. The fourth-order valence-electron chi connectivity index (χ4n) is 1.35. The Kier molecular flexibility index (Phi) is 4.33. The first-order valence-corrected chi connectivity index (χ1v) is 5.41. The van der Waals surface area contributed by atoms with E-state index in [1.807, 2.05) is 6.07 Å². The van der Waals surface area contributed by atoms with E-state index in [2.05, 4.69) is 20.6 Å². The van der Waals surface area contributed by atoms with Gasteiger partial charge in [-0.05, 0) is 6.07 Å². The first kappa shape index (κ1) is 11.1. The molecule has 1 aliphatic rings. The lowest BCUT2D eigenvalue weighted by Gasteiger charge is -2.06. The van der Waals surface area contributed by atoms with Crippen LogP contribution in [0.25, 0.3) is 0 Å². The Morgan fingerprint density at radius 1 is 1.00 bits per heavy atom. The van der Waals surface area contributed by atoms with Crippen LogP contribution >= 0.6 is 0 Å². The smallest absolute Gasteiger partial charge is 0.224 e. The highest BCUT2D eigenvalue weighted by atomic mass is 16.5. The molecule has 1 aromatic heterocycles. The van der Waals surface area contributed by atoms with Crippen LogP contribution < -0.4 is 10.6 Å². The second kappa shape index (κ2) is 6.24. The minimum absolute atomic E-state index is 0.619.